The summed E-state index contributed by atoms with van der Waals surface area (Å²) in [5.41, 5.74) is 4.27. The normalized spacial score (nSPS) is 21.2. The Bertz CT molecular complexity index is 1040. The number of piperidine rings is 1. The lowest BCUT2D eigenvalue weighted by atomic mass is 9.94. The molecule has 0 aromatic heterocycles. The molecule has 3 aliphatic heterocycles. The molecule has 2 saturated heterocycles. The molecule has 32 heavy (non-hydrogen) atoms. The van der Waals surface area contributed by atoms with Crippen LogP contribution in [0.25, 0.3) is 0 Å². The van der Waals surface area contributed by atoms with Crippen molar-refractivity contribution in [2.75, 3.05) is 36.0 Å². The summed E-state index contributed by atoms with van der Waals surface area (Å²) >= 11 is 0. The van der Waals surface area contributed by atoms with Crippen LogP contribution in [0.2, 0.25) is 0 Å². The minimum absolute atomic E-state index is 0.00460. The molecule has 0 saturated carbocycles. The summed E-state index contributed by atoms with van der Waals surface area (Å²) in [6, 6.07) is 16.0. The predicted molar refractivity (Wildman–Crippen MR) is 123 cm³/mol. The van der Waals surface area contributed by atoms with Gasteiger partial charge >= 0.3 is 0 Å². The number of anilines is 2. The molecule has 0 N–H and O–H groups in total. The molecule has 6 heteroatoms. The number of amides is 3. The molecule has 3 aliphatic rings. The molecule has 166 valence electrons. The number of carbonyl (C=O) groups is 3. The van der Waals surface area contributed by atoms with Crippen molar-refractivity contribution < 1.29 is 14.4 Å². The van der Waals surface area contributed by atoms with E-state index in [9.17, 15) is 14.4 Å². The van der Waals surface area contributed by atoms with E-state index in [0.29, 0.717) is 32.5 Å². The summed E-state index contributed by atoms with van der Waals surface area (Å²) in [5, 5.41) is 0. The third kappa shape index (κ3) is 3.78. The van der Waals surface area contributed by atoms with E-state index in [2.05, 4.69) is 6.07 Å². The second-order valence-electron chi connectivity index (χ2n) is 9.21. The highest BCUT2D eigenvalue weighted by Crippen LogP contribution is 2.32. The summed E-state index contributed by atoms with van der Waals surface area (Å²) < 4.78 is 0. The Morgan fingerprint density at radius 3 is 2.34 bits per heavy atom. The molecule has 3 amide bonds. The van der Waals surface area contributed by atoms with Gasteiger partial charge in [-0.1, -0.05) is 35.9 Å². The third-order valence-corrected chi connectivity index (χ3v) is 7.13. The predicted octanol–water partition coefficient (Wildman–Crippen LogP) is 3.18. The Labute approximate surface area is 188 Å². The van der Waals surface area contributed by atoms with Crippen LogP contribution in [-0.2, 0) is 20.8 Å². The fourth-order valence-corrected chi connectivity index (χ4v) is 5.24. The van der Waals surface area contributed by atoms with Gasteiger partial charge in [-0.3, -0.25) is 14.4 Å². The molecule has 1 atom stereocenters. The highest BCUT2D eigenvalue weighted by Gasteiger charge is 2.39. The fraction of sp³-hybridized carbons (Fsp3) is 0.423. The average molecular weight is 432 g/mol. The van der Waals surface area contributed by atoms with Crippen LogP contribution in [0.3, 0.4) is 0 Å². The van der Waals surface area contributed by atoms with E-state index in [1.54, 1.807) is 4.90 Å². The standard InChI is InChI=1S/C26H29N3O3/c1-18-6-8-22(9-7-18)29-17-21(16-24(29)30)25(31)27-13-10-20(11-14-27)26(32)28-15-12-19-4-2-3-5-23(19)28/h2-9,20-21H,10-17H2,1H3. The van der Waals surface area contributed by atoms with Gasteiger partial charge in [-0.25, -0.2) is 0 Å². The molecular weight excluding hydrogens is 402 g/mol. The maximum Gasteiger partial charge on any atom is 0.230 e. The van der Waals surface area contributed by atoms with Crippen LogP contribution in [0.5, 0.6) is 0 Å². The van der Waals surface area contributed by atoms with E-state index in [-0.39, 0.29) is 36.0 Å². The van der Waals surface area contributed by atoms with Crippen LogP contribution in [0.4, 0.5) is 11.4 Å². The van der Waals surface area contributed by atoms with Gasteiger partial charge in [0.2, 0.25) is 17.7 Å². The Morgan fingerprint density at radius 1 is 0.875 bits per heavy atom. The zero-order valence-electron chi connectivity index (χ0n) is 18.5. The fourth-order valence-electron chi connectivity index (χ4n) is 5.24. The second kappa shape index (κ2) is 8.41. The highest BCUT2D eigenvalue weighted by atomic mass is 16.2. The van der Waals surface area contributed by atoms with Gasteiger partial charge in [0, 0.05) is 49.9 Å². The lowest BCUT2D eigenvalue weighted by Crippen LogP contribution is -2.46. The van der Waals surface area contributed by atoms with Crippen molar-refractivity contribution in [1.82, 2.24) is 4.90 Å². The molecule has 0 radical (unpaired) electrons. The van der Waals surface area contributed by atoms with E-state index in [1.165, 1.54) is 5.56 Å². The minimum atomic E-state index is -0.304. The van der Waals surface area contributed by atoms with E-state index in [0.717, 1.165) is 29.9 Å². The highest BCUT2D eigenvalue weighted by molar-refractivity contribution is 6.00. The van der Waals surface area contributed by atoms with Gasteiger partial charge in [-0.2, -0.15) is 0 Å². The van der Waals surface area contributed by atoms with E-state index < -0.39 is 0 Å². The Morgan fingerprint density at radius 2 is 1.59 bits per heavy atom. The van der Waals surface area contributed by atoms with Crippen LogP contribution < -0.4 is 9.80 Å². The first kappa shape index (κ1) is 20.7. The maximum atomic E-state index is 13.1. The van der Waals surface area contributed by atoms with Crippen molar-refractivity contribution in [1.29, 1.82) is 0 Å². The Hall–Kier alpha value is -3.15. The monoisotopic (exact) mass is 431 g/mol. The third-order valence-electron chi connectivity index (χ3n) is 7.13. The summed E-state index contributed by atoms with van der Waals surface area (Å²) in [6.07, 6.45) is 2.54. The van der Waals surface area contributed by atoms with E-state index in [1.807, 2.05) is 59.2 Å². The molecule has 2 aromatic rings. The molecule has 6 nitrogen and oxygen atoms in total. The lowest BCUT2D eigenvalue weighted by molar-refractivity contribution is -0.138. The van der Waals surface area contributed by atoms with Crippen molar-refractivity contribution in [2.45, 2.75) is 32.6 Å². The molecule has 2 fully saturated rings. The zero-order chi connectivity index (χ0) is 22.2. The smallest absolute Gasteiger partial charge is 0.230 e. The number of fused-ring (bicyclic) bond motifs is 1. The van der Waals surface area contributed by atoms with Crippen molar-refractivity contribution in [3.8, 4) is 0 Å². The summed E-state index contributed by atoms with van der Waals surface area (Å²) in [7, 11) is 0. The second-order valence-corrected chi connectivity index (χ2v) is 9.21. The van der Waals surface area contributed by atoms with E-state index in [4.69, 9.17) is 0 Å². The number of likely N-dealkylation sites (tertiary alicyclic amines) is 1. The van der Waals surface area contributed by atoms with Gasteiger partial charge in [0.25, 0.3) is 0 Å². The SMILES string of the molecule is Cc1ccc(N2CC(C(=O)N3CCC(C(=O)N4CCc5ccccc54)CC3)CC2=O)cc1. The van der Waals surface area contributed by atoms with Crippen LogP contribution >= 0.6 is 0 Å². The summed E-state index contributed by atoms with van der Waals surface area (Å²) in [6.45, 7) is 4.36. The average Bonchev–Trinajstić information content (AvgIpc) is 3.42. The maximum absolute atomic E-state index is 13.1. The minimum Gasteiger partial charge on any atom is -0.342 e. The number of hydrogen-bond acceptors (Lipinski definition) is 3. The quantitative estimate of drug-likeness (QED) is 0.750. The van der Waals surface area contributed by atoms with Gasteiger partial charge < -0.3 is 14.7 Å². The van der Waals surface area contributed by atoms with Gasteiger partial charge in [0.15, 0.2) is 0 Å². The number of nitrogens with zero attached hydrogens (tertiary/aromatic N) is 3. The van der Waals surface area contributed by atoms with Crippen LogP contribution in [0, 0.1) is 18.8 Å². The number of carbonyl (C=O) groups excluding carboxylic acids is 3. The largest absolute Gasteiger partial charge is 0.342 e. The molecule has 0 aliphatic carbocycles. The van der Waals surface area contributed by atoms with Crippen molar-refractivity contribution >= 4 is 29.1 Å². The number of hydrogen-bond donors (Lipinski definition) is 0. The Kier molecular flexibility index (Phi) is 5.45. The van der Waals surface area contributed by atoms with Gasteiger partial charge in [-0.15, -0.1) is 0 Å². The Balaban J connectivity index is 1.18. The van der Waals surface area contributed by atoms with Crippen LogP contribution in [0.1, 0.15) is 30.4 Å². The molecule has 1 unspecified atom stereocenters. The van der Waals surface area contributed by atoms with Gasteiger partial charge in [0.1, 0.15) is 0 Å². The van der Waals surface area contributed by atoms with E-state index >= 15 is 0 Å². The molecule has 0 spiro atoms. The van der Waals surface area contributed by atoms with Crippen molar-refractivity contribution in [3.05, 3.63) is 59.7 Å². The number of benzene rings is 2. The van der Waals surface area contributed by atoms with Gasteiger partial charge in [0.05, 0.1) is 5.92 Å². The van der Waals surface area contributed by atoms with Crippen molar-refractivity contribution in [2.24, 2.45) is 11.8 Å². The van der Waals surface area contributed by atoms with Crippen molar-refractivity contribution in [3.63, 3.8) is 0 Å². The van der Waals surface area contributed by atoms with Gasteiger partial charge in [-0.05, 0) is 49.9 Å². The topological polar surface area (TPSA) is 60.9 Å². The molecule has 2 aromatic carbocycles. The molecule has 3 heterocycles. The first-order chi connectivity index (χ1) is 15.5. The number of rotatable bonds is 3. The first-order valence-electron chi connectivity index (χ1n) is 11.6. The molecular formula is C26H29N3O3. The zero-order valence-corrected chi connectivity index (χ0v) is 18.5. The molecule has 0 bridgehead atoms. The number of para-hydroxylation sites is 1. The summed E-state index contributed by atoms with van der Waals surface area (Å²) in [4.78, 5) is 44.3. The first-order valence-corrected chi connectivity index (χ1v) is 11.6. The van der Waals surface area contributed by atoms with Crippen LogP contribution in [0.15, 0.2) is 48.5 Å². The number of aryl methyl sites for hydroxylation is 1. The lowest BCUT2D eigenvalue weighted by Gasteiger charge is -2.34. The summed E-state index contributed by atoms with van der Waals surface area (Å²) in [5.74, 6) is -0.111. The molecule has 5 rings (SSSR count). The van der Waals surface area contributed by atoms with Crippen LogP contribution in [-0.4, -0.2) is 48.8 Å².